The molecule has 0 aliphatic rings. The molecule has 0 bridgehead atoms. The Morgan fingerprint density at radius 2 is 2.12 bits per heavy atom. The molecular weight excluding hydrogens is 202 g/mol. The minimum absolute atomic E-state index is 0.0607. The van der Waals surface area contributed by atoms with Crippen LogP contribution in [-0.2, 0) is 0 Å². The molecule has 1 aromatic rings. The van der Waals surface area contributed by atoms with Crippen LogP contribution in [0.3, 0.4) is 0 Å². The number of methoxy groups -OCH3 is 1. The summed E-state index contributed by atoms with van der Waals surface area (Å²) in [5.41, 5.74) is 0.842. The van der Waals surface area contributed by atoms with Gasteiger partial charge in [-0.1, -0.05) is 12.1 Å². The van der Waals surface area contributed by atoms with Crippen LogP contribution in [0.15, 0.2) is 24.3 Å². The average molecular weight is 217 g/mol. The second-order valence-corrected chi connectivity index (χ2v) is 3.51. The third-order valence-electron chi connectivity index (χ3n) is 1.92. The molecule has 0 N–H and O–H groups in total. The Morgan fingerprint density at radius 1 is 1.38 bits per heavy atom. The number of rotatable bonds is 4. The van der Waals surface area contributed by atoms with Gasteiger partial charge in [-0.15, -0.1) is 0 Å². The highest BCUT2D eigenvalue weighted by Crippen LogP contribution is 2.32. The van der Waals surface area contributed by atoms with Gasteiger partial charge in [-0.2, -0.15) is 5.26 Å². The zero-order chi connectivity index (χ0) is 12.0. The minimum Gasteiger partial charge on any atom is -0.493 e. The van der Waals surface area contributed by atoms with Gasteiger partial charge in [0.05, 0.1) is 19.3 Å². The molecule has 0 aliphatic carbocycles. The average Bonchev–Trinajstić information content (AvgIpc) is 2.27. The first-order chi connectivity index (χ1) is 7.69. The zero-order valence-corrected chi connectivity index (χ0v) is 9.73. The van der Waals surface area contributed by atoms with Gasteiger partial charge in [-0.25, -0.2) is 0 Å². The van der Waals surface area contributed by atoms with E-state index in [-0.39, 0.29) is 6.10 Å². The van der Waals surface area contributed by atoms with Crippen LogP contribution in [0.25, 0.3) is 6.08 Å². The summed E-state index contributed by atoms with van der Waals surface area (Å²) in [5.74, 6) is 1.35. The van der Waals surface area contributed by atoms with Crippen molar-refractivity contribution in [2.24, 2.45) is 0 Å². The van der Waals surface area contributed by atoms with E-state index in [0.717, 1.165) is 5.56 Å². The molecule has 1 aromatic carbocycles. The summed E-state index contributed by atoms with van der Waals surface area (Å²) in [7, 11) is 1.60. The van der Waals surface area contributed by atoms with Crippen LogP contribution in [0.4, 0.5) is 0 Å². The highest BCUT2D eigenvalue weighted by molar-refractivity contribution is 5.63. The van der Waals surface area contributed by atoms with E-state index in [2.05, 4.69) is 0 Å². The zero-order valence-electron chi connectivity index (χ0n) is 9.73. The second-order valence-electron chi connectivity index (χ2n) is 3.51. The lowest BCUT2D eigenvalue weighted by Gasteiger charge is -2.15. The lowest BCUT2D eigenvalue weighted by Crippen LogP contribution is -2.07. The van der Waals surface area contributed by atoms with Gasteiger partial charge >= 0.3 is 0 Å². The predicted octanol–water partition coefficient (Wildman–Crippen LogP) is 3.02. The van der Waals surface area contributed by atoms with Crippen LogP contribution in [0.2, 0.25) is 0 Å². The van der Waals surface area contributed by atoms with E-state index in [1.165, 1.54) is 6.08 Å². The fourth-order valence-electron chi connectivity index (χ4n) is 1.31. The van der Waals surface area contributed by atoms with Crippen molar-refractivity contribution in [1.82, 2.24) is 0 Å². The van der Waals surface area contributed by atoms with Crippen LogP contribution in [0.1, 0.15) is 19.4 Å². The molecule has 0 heterocycles. The molecule has 3 nitrogen and oxygen atoms in total. The molecule has 0 amide bonds. The Hall–Kier alpha value is -1.95. The Balaban J connectivity index is 3.15. The second kappa shape index (κ2) is 5.82. The molecule has 0 radical (unpaired) electrons. The Bertz CT molecular complexity index is 416. The summed E-state index contributed by atoms with van der Waals surface area (Å²) in [5, 5.41) is 8.52. The number of hydrogen-bond acceptors (Lipinski definition) is 3. The number of para-hydroxylation sites is 1. The van der Waals surface area contributed by atoms with E-state index in [1.54, 1.807) is 13.2 Å². The summed E-state index contributed by atoms with van der Waals surface area (Å²) in [6, 6.07) is 7.54. The summed E-state index contributed by atoms with van der Waals surface area (Å²) in [6.07, 6.45) is 3.19. The van der Waals surface area contributed by atoms with Gasteiger partial charge < -0.3 is 9.47 Å². The number of hydrogen-bond donors (Lipinski definition) is 0. The van der Waals surface area contributed by atoms with Crippen molar-refractivity contribution in [3.05, 3.63) is 29.8 Å². The van der Waals surface area contributed by atoms with Crippen LogP contribution in [0, 0.1) is 11.3 Å². The SMILES string of the molecule is COc1cccc(/C=C/C#N)c1OC(C)C. The predicted molar refractivity (Wildman–Crippen MR) is 63.4 cm³/mol. The third-order valence-corrected chi connectivity index (χ3v) is 1.92. The molecule has 3 heteroatoms. The molecule has 0 atom stereocenters. The van der Waals surface area contributed by atoms with Crippen molar-refractivity contribution in [1.29, 1.82) is 5.26 Å². The lowest BCUT2D eigenvalue weighted by atomic mass is 10.1. The summed E-state index contributed by atoms with van der Waals surface area (Å²) in [6.45, 7) is 3.90. The first-order valence-electron chi connectivity index (χ1n) is 5.09. The quantitative estimate of drug-likeness (QED) is 0.728. The maximum Gasteiger partial charge on any atom is 0.168 e. The van der Waals surface area contributed by atoms with E-state index in [9.17, 15) is 0 Å². The lowest BCUT2D eigenvalue weighted by molar-refractivity contribution is 0.229. The van der Waals surface area contributed by atoms with E-state index in [1.807, 2.05) is 38.1 Å². The van der Waals surface area contributed by atoms with Crippen LogP contribution >= 0.6 is 0 Å². The first-order valence-corrected chi connectivity index (χ1v) is 5.09. The van der Waals surface area contributed by atoms with Gasteiger partial charge in [0.2, 0.25) is 0 Å². The maximum atomic E-state index is 8.52. The van der Waals surface area contributed by atoms with Crippen LogP contribution in [-0.4, -0.2) is 13.2 Å². The van der Waals surface area contributed by atoms with E-state index in [4.69, 9.17) is 14.7 Å². The van der Waals surface area contributed by atoms with E-state index >= 15 is 0 Å². The smallest absolute Gasteiger partial charge is 0.168 e. The topological polar surface area (TPSA) is 42.2 Å². The van der Waals surface area contributed by atoms with Crippen molar-refractivity contribution in [2.45, 2.75) is 20.0 Å². The molecular formula is C13H15NO2. The highest BCUT2D eigenvalue weighted by atomic mass is 16.5. The van der Waals surface area contributed by atoms with Gasteiger partial charge in [-0.05, 0) is 26.0 Å². The van der Waals surface area contributed by atoms with Gasteiger partial charge in [0.15, 0.2) is 11.5 Å². The fourth-order valence-corrected chi connectivity index (χ4v) is 1.31. The molecule has 0 saturated heterocycles. The van der Waals surface area contributed by atoms with Crippen LogP contribution < -0.4 is 9.47 Å². The Labute approximate surface area is 95.9 Å². The van der Waals surface area contributed by atoms with Crippen molar-refractivity contribution in [3.8, 4) is 17.6 Å². The molecule has 1 rings (SSSR count). The van der Waals surface area contributed by atoms with Crippen molar-refractivity contribution < 1.29 is 9.47 Å². The summed E-state index contributed by atoms with van der Waals surface area (Å²) in [4.78, 5) is 0. The summed E-state index contributed by atoms with van der Waals surface area (Å²) >= 11 is 0. The maximum absolute atomic E-state index is 8.52. The molecule has 0 saturated carbocycles. The standard InChI is InChI=1S/C13H15NO2/c1-10(2)16-13-11(7-5-9-14)6-4-8-12(13)15-3/h4-8,10H,1-3H3/b7-5+. The van der Waals surface area contributed by atoms with Gasteiger partial charge in [0.25, 0.3) is 0 Å². The van der Waals surface area contributed by atoms with Gasteiger partial charge in [-0.3, -0.25) is 0 Å². The highest BCUT2D eigenvalue weighted by Gasteiger charge is 2.09. The first kappa shape index (κ1) is 12.1. The van der Waals surface area contributed by atoms with Crippen molar-refractivity contribution >= 4 is 6.08 Å². The molecule has 0 fully saturated rings. The molecule has 16 heavy (non-hydrogen) atoms. The summed E-state index contributed by atoms with van der Waals surface area (Å²) < 4.78 is 10.9. The molecule has 84 valence electrons. The number of nitriles is 1. The van der Waals surface area contributed by atoms with E-state index < -0.39 is 0 Å². The number of ether oxygens (including phenoxy) is 2. The Morgan fingerprint density at radius 3 is 2.69 bits per heavy atom. The monoisotopic (exact) mass is 217 g/mol. The number of allylic oxidation sites excluding steroid dienone is 1. The fraction of sp³-hybridized carbons (Fsp3) is 0.308. The van der Waals surface area contributed by atoms with Gasteiger partial charge in [0, 0.05) is 11.6 Å². The Kier molecular flexibility index (Phi) is 4.41. The van der Waals surface area contributed by atoms with Gasteiger partial charge in [0.1, 0.15) is 0 Å². The normalized spacial score (nSPS) is 10.4. The molecule has 0 unspecified atom stereocenters. The third kappa shape index (κ3) is 3.03. The largest absolute Gasteiger partial charge is 0.493 e. The number of benzene rings is 1. The molecule has 0 aromatic heterocycles. The van der Waals surface area contributed by atoms with Crippen LogP contribution in [0.5, 0.6) is 11.5 Å². The van der Waals surface area contributed by atoms with Crippen molar-refractivity contribution in [2.75, 3.05) is 7.11 Å². The minimum atomic E-state index is 0.0607. The molecule has 0 aliphatic heterocycles. The number of nitrogens with zero attached hydrogens (tertiary/aromatic N) is 1. The van der Waals surface area contributed by atoms with E-state index in [0.29, 0.717) is 11.5 Å². The molecule has 0 spiro atoms. The van der Waals surface area contributed by atoms with Crippen molar-refractivity contribution in [3.63, 3.8) is 0 Å².